The molecule has 1 aromatic heterocycles. The van der Waals surface area contributed by atoms with Gasteiger partial charge in [-0.3, -0.25) is 4.68 Å². The van der Waals surface area contributed by atoms with Gasteiger partial charge in [0, 0.05) is 35.9 Å². The third-order valence-electron chi connectivity index (χ3n) is 2.43. The first-order valence-electron chi connectivity index (χ1n) is 5.28. The van der Waals surface area contributed by atoms with Crippen LogP contribution in [0.25, 0.3) is 0 Å². The molecule has 0 aliphatic carbocycles. The van der Waals surface area contributed by atoms with Gasteiger partial charge in [0.1, 0.15) is 12.4 Å². The highest BCUT2D eigenvalue weighted by Gasteiger charge is 2.07. The maximum Gasteiger partial charge on any atom is 0.125 e. The fraction of sp³-hybridized carbons (Fsp3) is 0.250. The van der Waals surface area contributed by atoms with Crippen LogP contribution in [0, 0.1) is 0 Å². The lowest BCUT2D eigenvalue weighted by Gasteiger charge is -2.10. The molecule has 5 heteroatoms. The quantitative estimate of drug-likeness (QED) is 0.906. The van der Waals surface area contributed by atoms with Crippen LogP contribution in [0.3, 0.4) is 0 Å². The number of hydrogen-bond acceptors (Lipinski definition) is 3. The van der Waals surface area contributed by atoms with E-state index >= 15 is 0 Å². The molecule has 1 heterocycles. The Labute approximate surface area is 105 Å². The highest BCUT2D eigenvalue weighted by molar-refractivity contribution is 6.31. The predicted molar refractivity (Wildman–Crippen MR) is 66.9 cm³/mol. The molecule has 2 aromatic rings. The topological polar surface area (TPSA) is 53.1 Å². The van der Waals surface area contributed by atoms with Crippen LogP contribution in [0.1, 0.15) is 11.1 Å². The second-order valence-electron chi connectivity index (χ2n) is 3.73. The van der Waals surface area contributed by atoms with Crippen molar-refractivity contribution in [3.63, 3.8) is 0 Å². The average Bonchev–Trinajstić information content (AvgIpc) is 2.72. The molecule has 0 unspecified atom stereocenters. The molecule has 0 amide bonds. The maximum atomic E-state index is 6.04. The SMILES string of the molecule is Cn1cc(COc2cccc(Cl)c2CN)cn1. The van der Waals surface area contributed by atoms with Gasteiger partial charge in [0.05, 0.1) is 6.20 Å². The minimum Gasteiger partial charge on any atom is -0.488 e. The van der Waals surface area contributed by atoms with Gasteiger partial charge in [-0.25, -0.2) is 0 Å². The summed E-state index contributed by atoms with van der Waals surface area (Å²) in [6.45, 7) is 0.823. The van der Waals surface area contributed by atoms with E-state index in [2.05, 4.69) is 5.10 Å². The lowest BCUT2D eigenvalue weighted by molar-refractivity contribution is 0.303. The molecule has 0 atom stereocenters. The van der Waals surface area contributed by atoms with Crippen LogP contribution >= 0.6 is 11.6 Å². The lowest BCUT2D eigenvalue weighted by Crippen LogP contribution is -2.03. The van der Waals surface area contributed by atoms with Gasteiger partial charge < -0.3 is 10.5 Å². The highest BCUT2D eigenvalue weighted by Crippen LogP contribution is 2.26. The molecule has 2 rings (SSSR count). The highest BCUT2D eigenvalue weighted by atomic mass is 35.5. The molecule has 90 valence electrons. The van der Waals surface area contributed by atoms with Gasteiger partial charge in [0.15, 0.2) is 0 Å². The number of aryl methyl sites for hydroxylation is 1. The van der Waals surface area contributed by atoms with E-state index in [4.69, 9.17) is 22.1 Å². The molecule has 0 saturated heterocycles. The van der Waals surface area contributed by atoms with Crippen molar-refractivity contribution in [2.24, 2.45) is 12.8 Å². The summed E-state index contributed by atoms with van der Waals surface area (Å²) < 4.78 is 7.43. The molecule has 0 saturated carbocycles. The molecular formula is C12H14ClN3O. The minimum absolute atomic E-state index is 0.363. The van der Waals surface area contributed by atoms with E-state index in [1.165, 1.54) is 0 Å². The average molecular weight is 252 g/mol. The zero-order valence-electron chi connectivity index (χ0n) is 9.56. The van der Waals surface area contributed by atoms with Crippen LogP contribution in [0.2, 0.25) is 5.02 Å². The Morgan fingerprint density at radius 1 is 1.47 bits per heavy atom. The molecule has 0 aliphatic heterocycles. The number of nitrogens with zero attached hydrogens (tertiary/aromatic N) is 2. The molecule has 0 radical (unpaired) electrons. The molecule has 0 fully saturated rings. The number of hydrogen-bond donors (Lipinski definition) is 1. The number of halogens is 1. The van der Waals surface area contributed by atoms with Crippen molar-refractivity contribution in [2.75, 3.05) is 0 Å². The van der Waals surface area contributed by atoms with Crippen molar-refractivity contribution < 1.29 is 4.74 Å². The Bertz CT molecular complexity index is 510. The van der Waals surface area contributed by atoms with Crippen molar-refractivity contribution in [3.05, 3.63) is 46.7 Å². The van der Waals surface area contributed by atoms with E-state index in [0.29, 0.717) is 18.2 Å². The Kier molecular flexibility index (Phi) is 3.66. The van der Waals surface area contributed by atoms with E-state index in [-0.39, 0.29) is 0 Å². The monoisotopic (exact) mass is 251 g/mol. The Morgan fingerprint density at radius 2 is 2.29 bits per heavy atom. The molecule has 1 aromatic carbocycles. The maximum absolute atomic E-state index is 6.04. The Hall–Kier alpha value is -1.52. The van der Waals surface area contributed by atoms with E-state index in [1.54, 1.807) is 16.9 Å². The molecule has 0 aliphatic rings. The summed E-state index contributed by atoms with van der Waals surface area (Å²) in [6, 6.07) is 5.52. The van der Waals surface area contributed by atoms with E-state index < -0.39 is 0 Å². The van der Waals surface area contributed by atoms with Crippen LogP contribution in [-0.4, -0.2) is 9.78 Å². The zero-order chi connectivity index (χ0) is 12.3. The Balaban J connectivity index is 2.11. The van der Waals surface area contributed by atoms with Crippen molar-refractivity contribution in [1.82, 2.24) is 9.78 Å². The number of rotatable bonds is 4. The number of nitrogens with two attached hydrogens (primary N) is 1. The van der Waals surface area contributed by atoms with E-state index in [0.717, 1.165) is 16.9 Å². The van der Waals surface area contributed by atoms with Crippen LogP contribution in [0.15, 0.2) is 30.6 Å². The fourth-order valence-electron chi connectivity index (χ4n) is 1.58. The number of aromatic nitrogens is 2. The third-order valence-corrected chi connectivity index (χ3v) is 2.79. The van der Waals surface area contributed by atoms with E-state index in [1.807, 2.05) is 25.4 Å². The minimum atomic E-state index is 0.363. The van der Waals surface area contributed by atoms with Gasteiger partial charge in [-0.2, -0.15) is 5.10 Å². The summed E-state index contributed by atoms with van der Waals surface area (Å²) in [5.74, 6) is 0.726. The number of benzene rings is 1. The van der Waals surface area contributed by atoms with Gasteiger partial charge >= 0.3 is 0 Å². The first-order valence-corrected chi connectivity index (χ1v) is 5.66. The second kappa shape index (κ2) is 5.21. The van der Waals surface area contributed by atoms with Crippen LogP contribution in [0.5, 0.6) is 5.75 Å². The van der Waals surface area contributed by atoms with Crippen molar-refractivity contribution in [1.29, 1.82) is 0 Å². The largest absolute Gasteiger partial charge is 0.488 e. The van der Waals surface area contributed by atoms with Crippen LogP contribution < -0.4 is 10.5 Å². The normalized spacial score (nSPS) is 10.5. The van der Waals surface area contributed by atoms with Crippen LogP contribution in [-0.2, 0) is 20.2 Å². The van der Waals surface area contributed by atoms with Gasteiger partial charge in [-0.1, -0.05) is 17.7 Å². The second-order valence-corrected chi connectivity index (χ2v) is 4.14. The summed E-state index contributed by atoms with van der Waals surface area (Å²) in [6.07, 6.45) is 3.68. The summed E-state index contributed by atoms with van der Waals surface area (Å²) in [7, 11) is 1.87. The zero-order valence-corrected chi connectivity index (χ0v) is 10.3. The fourth-order valence-corrected chi connectivity index (χ4v) is 1.82. The first-order chi connectivity index (χ1) is 8.20. The lowest BCUT2D eigenvalue weighted by atomic mass is 10.2. The smallest absolute Gasteiger partial charge is 0.125 e. The molecule has 0 bridgehead atoms. The Morgan fingerprint density at radius 3 is 2.94 bits per heavy atom. The van der Waals surface area contributed by atoms with Crippen molar-refractivity contribution in [2.45, 2.75) is 13.2 Å². The molecule has 2 N–H and O–H groups in total. The molecule has 0 spiro atoms. The van der Waals surface area contributed by atoms with Gasteiger partial charge in [0.2, 0.25) is 0 Å². The summed E-state index contributed by atoms with van der Waals surface area (Å²) >= 11 is 6.04. The standard InChI is InChI=1S/C12H14ClN3O/c1-16-7-9(6-15-16)8-17-12-4-2-3-11(13)10(12)5-14/h2-4,6-7H,5,8,14H2,1H3. The summed E-state index contributed by atoms with van der Waals surface area (Å²) in [5.41, 5.74) is 7.48. The third kappa shape index (κ3) is 2.78. The molecular weight excluding hydrogens is 238 g/mol. The summed E-state index contributed by atoms with van der Waals surface area (Å²) in [5, 5.41) is 4.71. The molecule has 4 nitrogen and oxygen atoms in total. The first kappa shape index (κ1) is 12.0. The van der Waals surface area contributed by atoms with Gasteiger partial charge in [-0.05, 0) is 12.1 Å². The van der Waals surface area contributed by atoms with Gasteiger partial charge in [0.25, 0.3) is 0 Å². The summed E-state index contributed by atoms with van der Waals surface area (Å²) in [4.78, 5) is 0. The van der Waals surface area contributed by atoms with Crippen LogP contribution in [0.4, 0.5) is 0 Å². The number of ether oxygens (including phenoxy) is 1. The van der Waals surface area contributed by atoms with Crippen molar-refractivity contribution in [3.8, 4) is 5.75 Å². The molecule has 17 heavy (non-hydrogen) atoms. The predicted octanol–water partition coefficient (Wildman–Crippen LogP) is 2.11. The van der Waals surface area contributed by atoms with Gasteiger partial charge in [-0.15, -0.1) is 0 Å². The van der Waals surface area contributed by atoms with E-state index in [9.17, 15) is 0 Å². The van der Waals surface area contributed by atoms with Crippen molar-refractivity contribution >= 4 is 11.6 Å².